The number of hydrogen-bond donors (Lipinski definition) is 0. The van der Waals surface area contributed by atoms with Crippen molar-refractivity contribution in [2.24, 2.45) is 0 Å². The molecule has 1 heterocycles. The van der Waals surface area contributed by atoms with Crippen LogP contribution in [0.2, 0.25) is 0 Å². The average molecular weight is 305 g/mol. The van der Waals surface area contributed by atoms with Gasteiger partial charge in [0.1, 0.15) is 5.75 Å². The van der Waals surface area contributed by atoms with Crippen molar-refractivity contribution in [2.45, 2.75) is 39.5 Å². The first-order valence-electron chi connectivity index (χ1n) is 8.21. The number of rotatable bonds is 4. The van der Waals surface area contributed by atoms with Crippen LogP contribution in [0.5, 0.6) is 11.6 Å². The van der Waals surface area contributed by atoms with Crippen molar-refractivity contribution >= 4 is 10.8 Å². The van der Waals surface area contributed by atoms with Crippen LogP contribution in [0.1, 0.15) is 50.7 Å². The molecule has 3 rings (SSSR count). The molecule has 0 saturated heterocycles. The second-order valence-electron chi connectivity index (χ2n) is 6.55. The number of fused-ring (bicyclic) bond motifs is 1. The molecule has 0 aliphatic heterocycles. The van der Waals surface area contributed by atoms with E-state index < -0.39 is 0 Å². The normalized spacial score (nSPS) is 11.4. The van der Waals surface area contributed by atoms with Gasteiger partial charge in [0.2, 0.25) is 5.88 Å². The van der Waals surface area contributed by atoms with Crippen LogP contribution in [0, 0.1) is 0 Å². The van der Waals surface area contributed by atoms with Crippen molar-refractivity contribution in [3.05, 3.63) is 65.9 Å². The lowest BCUT2D eigenvalue weighted by Crippen LogP contribution is -1.97. The summed E-state index contributed by atoms with van der Waals surface area (Å²) in [6.45, 7) is 8.91. The molecular formula is C21H23NO. The van der Waals surface area contributed by atoms with Gasteiger partial charge >= 0.3 is 0 Å². The summed E-state index contributed by atoms with van der Waals surface area (Å²) in [5, 5.41) is 2.32. The van der Waals surface area contributed by atoms with Crippen molar-refractivity contribution < 1.29 is 4.74 Å². The summed E-state index contributed by atoms with van der Waals surface area (Å²) in [4.78, 5) is 4.48. The lowest BCUT2D eigenvalue weighted by molar-refractivity contribution is 0.469. The fourth-order valence-electron chi connectivity index (χ4n) is 2.80. The zero-order chi connectivity index (χ0) is 16.4. The minimum atomic E-state index is 0.461. The van der Waals surface area contributed by atoms with E-state index >= 15 is 0 Å². The monoisotopic (exact) mass is 305 g/mol. The molecule has 0 N–H and O–H groups in total. The molecule has 0 spiro atoms. The number of ether oxygens (including phenoxy) is 1. The first kappa shape index (κ1) is 15.5. The van der Waals surface area contributed by atoms with Gasteiger partial charge in [0.15, 0.2) is 0 Å². The average Bonchev–Trinajstić information content (AvgIpc) is 2.55. The fourth-order valence-corrected chi connectivity index (χ4v) is 2.80. The predicted octanol–water partition coefficient (Wildman–Crippen LogP) is 6.27. The first-order chi connectivity index (χ1) is 11.1. The summed E-state index contributed by atoms with van der Waals surface area (Å²) in [5.74, 6) is 2.43. The molecule has 118 valence electrons. The van der Waals surface area contributed by atoms with E-state index in [1.165, 1.54) is 16.5 Å². The zero-order valence-electron chi connectivity index (χ0n) is 14.2. The lowest BCUT2D eigenvalue weighted by atomic mass is 9.91. The van der Waals surface area contributed by atoms with E-state index in [1.807, 2.05) is 36.5 Å². The molecular weight excluding hydrogens is 282 g/mol. The summed E-state index contributed by atoms with van der Waals surface area (Å²) in [7, 11) is 0. The molecule has 0 fully saturated rings. The number of hydrogen-bond acceptors (Lipinski definition) is 2. The van der Waals surface area contributed by atoms with Crippen molar-refractivity contribution in [1.29, 1.82) is 0 Å². The van der Waals surface area contributed by atoms with E-state index in [9.17, 15) is 0 Å². The van der Waals surface area contributed by atoms with Gasteiger partial charge in [0, 0.05) is 11.6 Å². The molecule has 0 radical (unpaired) electrons. The Kier molecular flexibility index (Phi) is 4.33. The SMILES string of the molecule is CC(C)c1cc(C(C)C)c2ccnc(Oc3ccccc3)c2c1. The van der Waals surface area contributed by atoms with Gasteiger partial charge < -0.3 is 4.74 Å². The molecule has 1 aromatic heterocycles. The third kappa shape index (κ3) is 3.21. The van der Waals surface area contributed by atoms with Crippen LogP contribution in [-0.4, -0.2) is 4.98 Å². The lowest BCUT2D eigenvalue weighted by Gasteiger charge is -2.16. The molecule has 2 aromatic carbocycles. The molecule has 0 bridgehead atoms. The second kappa shape index (κ2) is 6.41. The van der Waals surface area contributed by atoms with Gasteiger partial charge in [-0.1, -0.05) is 52.0 Å². The molecule has 3 aromatic rings. The van der Waals surface area contributed by atoms with Crippen molar-refractivity contribution in [3.8, 4) is 11.6 Å². The standard InChI is InChI=1S/C21H23NO/c1-14(2)16-12-19(15(3)4)18-10-11-22-21(20(18)13-16)23-17-8-6-5-7-9-17/h5-15H,1-4H3. The minimum absolute atomic E-state index is 0.461. The van der Waals surface area contributed by atoms with E-state index in [0.717, 1.165) is 11.1 Å². The zero-order valence-corrected chi connectivity index (χ0v) is 14.2. The topological polar surface area (TPSA) is 22.1 Å². The van der Waals surface area contributed by atoms with Gasteiger partial charge in [-0.15, -0.1) is 0 Å². The fraction of sp³-hybridized carbons (Fsp3) is 0.286. The highest BCUT2D eigenvalue weighted by molar-refractivity contribution is 5.91. The summed E-state index contributed by atoms with van der Waals surface area (Å²) in [6.07, 6.45) is 1.83. The summed E-state index contributed by atoms with van der Waals surface area (Å²) in [6, 6.07) is 16.5. The first-order valence-corrected chi connectivity index (χ1v) is 8.21. The van der Waals surface area contributed by atoms with Crippen LogP contribution in [0.25, 0.3) is 10.8 Å². The highest BCUT2D eigenvalue weighted by atomic mass is 16.5. The Morgan fingerprint density at radius 1 is 0.826 bits per heavy atom. The predicted molar refractivity (Wildman–Crippen MR) is 96.4 cm³/mol. The molecule has 2 heteroatoms. The van der Waals surface area contributed by atoms with E-state index in [1.54, 1.807) is 0 Å². The minimum Gasteiger partial charge on any atom is -0.438 e. The summed E-state index contributed by atoms with van der Waals surface area (Å²) in [5.41, 5.74) is 2.68. The van der Waals surface area contributed by atoms with E-state index in [2.05, 4.69) is 50.9 Å². The molecule has 0 aliphatic rings. The second-order valence-corrected chi connectivity index (χ2v) is 6.55. The van der Waals surface area contributed by atoms with E-state index in [-0.39, 0.29) is 0 Å². The molecule has 0 amide bonds. The maximum absolute atomic E-state index is 6.05. The highest BCUT2D eigenvalue weighted by Gasteiger charge is 2.14. The van der Waals surface area contributed by atoms with E-state index in [4.69, 9.17) is 4.74 Å². The Morgan fingerprint density at radius 2 is 1.57 bits per heavy atom. The van der Waals surface area contributed by atoms with Gasteiger partial charge in [-0.2, -0.15) is 0 Å². The Labute approximate surface area is 138 Å². The van der Waals surface area contributed by atoms with Crippen molar-refractivity contribution in [1.82, 2.24) is 4.98 Å². The Bertz CT molecular complexity index is 807. The van der Waals surface area contributed by atoms with E-state index in [0.29, 0.717) is 17.7 Å². The number of para-hydroxylation sites is 1. The van der Waals surface area contributed by atoms with Gasteiger partial charge in [-0.25, -0.2) is 4.98 Å². The molecule has 0 unspecified atom stereocenters. The smallest absolute Gasteiger partial charge is 0.227 e. The molecule has 23 heavy (non-hydrogen) atoms. The quantitative estimate of drug-likeness (QED) is 0.566. The van der Waals surface area contributed by atoms with Crippen LogP contribution >= 0.6 is 0 Å². The molecule has 2 nitrogen and oxygen atoms in total. The molecule has 0 saturated carbocycles. The highest BCUT2D eigenvalue weighted by Crippen LogP contribution is 2.35. The number of pyridine rings is 1. The van der Waals surface area contributed by atoms with Crippen LogP contribution in [0.15, 0.2) is 54.7 Å². The third-order valence-corrected chi connectivity index (χ3v) is 4.14. The van der Waals surface area contributed by atoms with Gasteiger partial charge in [0.05, 0.1) is 0 Å². The van der Waals surface area contributed by atoms with Gasteiger partial charge in [0.25, 0.3) is 0 Å². The van der Waals surface area contributed by atoms with Crippen molar-refractivity contribution in [3.63, 3.8) is 0 Å². The largest absolute Gasteiger partial charge is 0.438 e. The third-order valence-electron chi connectivity index (χ3n) is 4.14. The van der Waals surface area contributed by atoms with Crippen molar-refractivity contribution in [2.75, 3.05) is 0 Å². The maximum Gasteiger partial charge on any atom is 0.227 e. The van der Waals surface area contributed by atoms with Crippen LogP contribution in [0.3, 0.4) is 0 Å². The van der Waals surface area contributed by atoms with Gasteiger partial charge in [-0.3, -0.25) is 0 Å². The number of aromatic nitrogens is 1. The van der Waals surface area contributed by atoms with Gasteiger partial charge in [-0.05, 0) is 52.6 Å². The maximum atomic E-state index is 6.05. The Hall–Kier alpha value is -2.35. The molecule has 0 atom stereocenters. The number of nitrogens with zero attached hydrogens (tertiary/aromatic N) is 1. The summed E-state index contributed by atoms with van der Waals surface area (Å²) < 4.78 is 6.05. The van der Waals surface area contributed by atoms with Crippen LogP contribution in [-0.2, 0) is 0 Å². The van der Waals surface area contributed by atoms with Crippen LogP contribution in [0.4, 0.5) is 0 Å². The Morgan fingerprint density at radius 3 is 2.22 bits per heavy atom. The molecule has 0 aliphatic carbocycles. The number of benzene rings is 2. The Balaban J connectivity index is 2.19. The van der Waals surface area contributed by atoms with Crippen LogP contribution < -0.4 is 4.74 Å². The summed E-state index contributed by atoms with van der Waals surface area (Å²) >= 11 is 0.